The number of aliphatic imine (C=N–C) groups is 1. The Kier molecular flexibility index (Phi) is 9.62. The lowest BCUT2D eigenvalue weighted by atomic mass is 10.1. The van der Waals surface area contributed by atoms with Gasteiger partial charge in [0.2, 0.25) is 0 Å². The Labute approximate surface area is 139 Å². The Balaban J connectivity index is 0.00000361. The zero-order valence-corrected chi connectivity index (χ0v) is 15.4. The molecule has 0 spiro atoms. The molecule has 2 N–H and O–H groups in total. The summed E-state index contributed by atoms with van der Waals surface area (Å²) in [5.74, 6) is 2.17. The van der Waals surface area contributed by atoms with E-state index in [2.05, 4.69) is 55.4 Å². The van der Waals surface area contributed by atoms with Crippen molar-refractivity contribution in [2.45, 2.75) is 53.6 Å². The smallest absolute Gasteiger partial charge is 0.191 e. The van der Waals surface area contributed by atoms with Crippen molar-refractivity contribution >= 4 is 29.9 Å². The fraction of sp³-hybridized carbons (Fsp3) is 0.714. The third-order valence-electron chi connectivity index (χ3n) is 3.07. The Morgan fingerprint density at radius 2 is 2.05 bits per heavy atom. The van der Waals surface area contributed by atoms with Gasteiger partial charge in [0.25, 0.3) is 0 Å². The van der Waals surface area contributed by atoms with E-state index in [4.69, 9.17) is 4.52 Å². The van der Waals surface area contributed by atoms with E-state index in [1.165, 1.54) is 0 Å². The van der Waals surface area contributed by atoms with Crippen LogP contribution < -0.4 is 10.6 Å². The van der Waals surface area contributed by atoms with Gasteiger partial charge in [-0.25, -0.2) is 4.99 Å². The number of hydrogen-bond donors (Lipinski definition) is 2. The van der Waals surface area contributed by atoms with Crippen LogP contribution >= 0.6 is 24.0 Å². The van der Waals surface area contributed by atoms with Gasteiger partial charge in [-0.15, -0.1) is 24.0 Å². The molecule has 0 saturated carbocycles. The van der Waals surface area contributed by atoms with Crippen molar-refractivity contribution in [3.05, 3.63) is 17.5 Å². The molecule has 0 fully saturated rings. The zero-order valence-electron chi connectivity index (χ0n) is 13.1. The van der Waals surface area contributed by atoms with Gasteiger partial charge in [0.05, 0.1) is 5.69 Å². The quantitative estimate of drug-likeness (QED) is 0.443. The summed E-state index contributed by atoms with van der Waals surface area (Å²) in [6, 6.07) is 2.33. The number of aromatic nitrogens is 1. The van der Waals surface area contributed by atoms with Gasteiger partial charge in [-0.05, 0) is 26.2 Å². The lowest BCUT2D eigenvalue weighted by Crippen LogP contribution is -2.44. The fourth-order valence-corrected chi connectivity index (χ4v) is 1.46. The van der Waals surface area contributed by atoms with Crippen molar-refractivity contribution in [1.82, 2.24) is 15.8 Å². The Bertz CT molecular complexity index is 404. The maximum Gasteiger partial charge on any atom is 0.191 e. The minimum atomic E-state index is 0. The Hall–Kier alpha value is -0.790. The fourth-order valence-electron chi connectivity index (χ4n) is 1.46. The summed E-state index contributed by atoms with van der Waals surface area (Å²) in [6.07, 6.45) is 0.885. The average Bonchev–Trinajstić information content (AvgIpc) is 2.84. The third kappa shape index (κ3) is 6.58. The van der Waals surface area contributed by atoms with Crippen LogP contribution in [0.2, 0.25) is 0 Å². The number of nitrogens with one attached hydrogen (secondary N) is 2. The van der Waals surface area contributed by atoms with E-state index in [-0.39, 0.29) is 24.0 Å². The first-order valence-corrected chi connectivity index (χ1v) is 7.06. The minimum absolute atomic E-state index is 0. The number of nitrogens with zero attached hydrogens (tertiary/aromatic N) is 2. The second kappa shape index (κ2) is 10.0. The van der Waals surface area contributed by atoms with Gasteiger partial charge < -0.3 is 15.2 Å². The van der Waals surface area contributed by atoms with E-state index in [0.717, 1.165) is 30.4 Å². The first kappa shape index (κ1) is 19.2. The van der Waals surface area contributed by atoms with Crippen molar-refractivity contribution < 1.29 is 4.52 Å². The van der Waals surface area contributed by atoms with Crippen molar-refractivity contribution in [3.63, 3.8) is 0 Å². The van der Waals surface area contributed by atoms with Crippen molar-refractivity contribution in [3.8, 4) is 0 Å². The standard InChI is InChI=1S/C14H26N4O.HI/c1-6-12-8-13(19-18-12)9-16-14(15-7-2)17-11(5)10(3)4;/h8,10-11H,6-7,9H2,1-5H3,(H2,15,16,17);1H. The zero-order chi connectivity index (χ0) is 14.3. The Morgan fingerprint density at radius 3 is 2.55 bits per heavy atom. The van der Waals surface area contributed by atoms with Crippen LogP contribution in [0.4, 0.5) is 0 Å². The second-order valence-corrected chi connectivity index (χ2v) is 5.01. The molecule has 0 aliphatic carbocycles. The molecule has 1 rings (SSSR count). The molecule has 116 valence electrons. The predicted molar refractivity (Wildman–Crippen MR) is 93.5 cm³/mol. The van der Waals surface area contributed by atoms with Crippen LogP contribution in [-0.2, 0) is 13.0 Å². The average molecular weight is 394 g/mol. The summed E-state index contributed by atoms with van der Waals surface area (Å²) < 4.78 is 5.22. The number of rotatable bonds is 6. The van der Waals surface area contributed by atoms with Gasteiger partial charge >= 0.3 is 0 Å². The van der Waals surface area contributed by atoms with Crippen molar-refractivity contribution in [2.24, 2.45) is 10.9 Å². The molecule has 6 heteroatoms. The number of halogens is 1. The van der Waals surface area contributed by atoms with Crippen LogP contribution in [0.15, 0.2) is 15.6 Å². The maximum atomic E-state index is 5.22. The molecule has 1 heterocycles. The second-order valence-electron chi connectivity index (χ2n) is 5.01. The summed E-state index contributed by atoms with van der Waals surface area (Å²) in [5, 5.41) is 10.6. The van der Waals surface area contributed by atoms with E-state index in [9.17, 15) is 0 Å². The molecule has 1 aromatic heterocycles. The molecule has 1 unspecified atom stereocenters. The van der Waals surface area contributed by atoms with Gasteiger partial charge in [-0.3, -0.25) is 0 Å². The summed E-state index contributed by atoms with van der Waals surface area (Å²) in [7, 11) is 0. The van der Waals surface area contributed by atoms with Crippen LogP contribution in [0.1, 0.15) is 46.1 Å². The lowest BCUT2D eigenvalue weighted by molar-refractivity contribution is 0.379. The summed E-state index contributed by atoms with van der Waals surface area (Å²) in [6.45, 7) is 12.0. The van der Waals surface area contributed by atoms with Crippen molar-refractivity contribution in [1.29, 1.82) is 0 Å². The molecular formula is C14H27IN4O. The molecule has 0 aromatic carbocycles. The van der Waals surface area contributed by atoms with Crippen LogP contribution in [0.3, 0.4) is 0 Å². The largest absolute Gasteiger partial charge is 0.359 e. The highest BCUT2D eigenvalue weighted by Crippen LogP contribution is 2.05. The van der Waals surface area contributed by atoms with Gasteiger partial charge in [-0.2, -0.15) is 0 Å². The predicted octanol–water partition coefficient (Wildman–Crippen LogP) is 2.95. The summed E-state index contributed by atoms with van der Waals surface area (Å²) >= 11 is 0. The van der Waals surface area contributed by atoms with Gasteiger partial charge in [0.15, 0.2) is 11.7 Å². The molecule has 0 aliphatic rings. The summed E-state index contributed by atoms with van der Waals surface area (Å²) in [4.78, 5) is 4.51. The van der Waals surface area contributed by atoms with Crippen LogP contribution in [0.5, 0.6) is 0 Å². The number of aryl methyl sites for hydroxylation is 1. The highest BCUT2D eigenvalue weighted by molar-refractivity contribution is 14.0. The van der Waals surface area contributed by atoms with Gasteiger partial charge in [-0.1, -0.05) is 25.9 Å². The SMILES string of the molecule is CCNC(=NCc1cc(CC)no1)NC(C)C(C)C.I. The molecule has 0 radical (unpaired) electrons. The van der Waals surface area contributed by atoms with Crippen LogP contribution in [0.25, 0.3) is 0 Å². The molecule has 1 atom stereocenters. The highest BCUT2D eigenvalue weighted by atomic mass is 127. The first-order valence-electron chi connectivity index (χ1n) is 7.06. The summed E-state index contributed by atoms with van der Waals surface area (Å²) in [5.41, 5.74) is 0.971. The third-order valence-corrected chi connectivity index (χ3v) is 3.07. The Morgan fingerprint density at radius 1 is 1.35 bits per heavy atom. The number of hydrogen-bond acceptors (Lipinski definition) is 3. The van der Waals surface area contributed by atoms with E-state index < -0.39 is 0 Å². The normalized spacial score (nSPS) is 13.0. The number of guanidine groups is 1. The van der Waals surface area contributed by atoms with E-state index in [0.29, 0.717) is 18.5 Å². The lowest BCUT2D eigenvalue weighted by Gasteiger charge is -2.20. The van der Waals surface area contributed by atoms with E-state index >= 15 is 0 Å². The van der Waals surface area contributed by atoms with Crippen LogP contribution in [0, 0.1) is 5.92 Å². The molecular weight excluding hydrogens is 367 g/mol. The van der Waals surface area contributed by atoms with E-state index in [1.54, 1.807) is 0 Å². The molecule has 0 aliphatic heterocycles. The molecule has 20 heavy (non-hydrogen) atoms. The minimum Gasteiger partial charge on any atom is -0.359 e. The molecule has 0 bridgehead atoms. The molecule has 1 aromatic rings. The van der Waals surface area contributed by atoms with E-state index in [1.807, 2.05) is 6.07 Å². The van der Waals surface area contributed by atoms with Crippen molar-refractivity contribution in [2.75, 3.05) is 6.54 Å². The monoisotopic (exact) mass is 394 g/mol. The molecule has 0 amide bonds. The topological polar surface area (TPSA) is 62.5 Å². The molecule has 0 saturated heterocycles. The first-order chi connectivity index (χ1) is 9.06. The van der Waals surface area contributed by atoms with Crippen LogP contribution in [-0.4, -0.2) is 23.7 Å². The maximum absolute atomic E-state index is 5.22. The van der Waals surface area contributed by atoms with Gasteiger partial charge in [0.1, 0.15) is 6.54 Å². The van der Waals surface area contributed by atoms with Gasteiger partial charge in [0, 0.05) is 18.7 Å². The highest BCUT2D eigenvalue weighted by Gasteiger charge is 2.09. The molecule has 5 nitrogen and oxygen atoms in total.